The van der Waals surface area contributed by atoms with Crippen molar-refractivity contribution in [1.82, 2.24) is 4.98 Å². The van der Waals surface area contributed by atoms with Gasteiger partial charge in [0.05, 0.1) is 22.8 Å². The van der Waals surface area contributed by atoms with E-state index in [-0.39, 0.29) is 5.92 Å². The lowest BCUT2D eigenvalue weighted by molar-refractivity contribution is -0.104. The van der Waals surface area contributed by atoms with Crippen LogP contribution in [0.4, 0.5) is 0 Å². The second-order valence-electron chi connectivity index (χ2n) is 14.0. The van der Waals surface area contributed by atoms with Crippen LogP contribution in [0.5, 0.6) is 0 Å². The van der Waals surface area contributed by atoms with E-state index in [0.29, 0.717) is 5.57 Å². The topological polar surface area (TPSA) is 57.6 Å². The summed E-state index contributed by atoms with van der Waals surface area (Å²) in [7, 11) is 0. The quantitative estimate of drug-likeness (QED) is 0.185. The van der Waals surface area contributed by atoms with Crippen LogP contribution in [0, 0.1) is 19.8 Å². The van der Waals surface area contributed by atoms with Crippen LogP contribution < -0.4 is 10.7 Å². The smallest absolute Gasteiger partial charge is 0.150 e. The number of carbonyl (C=O) groups is 1. The Labute approximate surface area is 309 Å². The zero-order valence-corrected chi connectivity index (χ0v) is 29.9. The van der Waals surface area contributed by atoms with E-state index in [4.69, 9.17) is 9.98 Å². The Morgan fingerprint density at radius 3 is 1.47 bits per heavy atom. The number of rotatable bonds is 5. The van der Waals surface area contributed by atoms with Gasteiger partial charge in [0.1, 0.15) is 6.29 Å². The van der Waals surface area contributed by atoms with Gasteiger partial charge in [-0.1, -0.05) is 127 Å². The number of nitrogens with zero attached hydrogens (tertiary/aromatic N) is 2. The molecule has 4 aliphatic rings. The van der Waals surface area contributed by atoms with E-state index in [1.165, 1.54) is 11.1 Å². The van der Waals surface area contributed by atoms with Crippen molar-refractivity contribution in [3.05, 3.63) is 224 Å². The summed E-state index contributed by atoms with van der Waals surface area (Å²) in [6.07, 6.45) is 11.5. The van der Waals surface area contributed by atoms with E-state index in [1.54, 1.807) is 0 Å². The summed E-state index contributed by atoms with van der Waals surface area (Å²) in [6.45, 7) is 6.42. The fourth-order valence-corrected chi connectivity index (χ4v) is 7.93. The average Bonchev–Trinajstić information content (AvgIpc) is 4.01. The number of aryl methyl sites for hydroxylation is 2. The molecule has 8 bridgehead atoms. The highest BCUT2D eigenvalue weighted by molar-refractivity contribution is 6.31. The summed E-state index contributed by atoms with van der Waals surface area (Å²) in [4.78, 5) is 27.8. The van der Waals surface area contributed by atoms with Gasteiger partial charge in [-0.05, 0) is 89.8 Å². The summed E-state index contributed by atoms with van der Waals surface area (Å²) in [5.41, 5.74) is 16.7. The van der Waals surface area contributed by atoms with Crippen molar-refractivity contribution in [3.8, 4) is 0 Å². The minimum atomic E-state index is -0.127. The highest BCUT2D eigenvalue weighted by Gasteiger charge is 2.33. The van der Waals surface area contributed by atoms with Gasteiger partial charge in [-0.15, -0.1) is 0 Å². The molecular weight excluding hydrogens is 647 g/mol. The van der Waals surface area contributed by atoms with Gasteiger partial charge >= 0.3 is 0 Å². The molecule has 9 rings (SSSR count). The van der Waals surface area contributed by atoms with Gasteiger partial charge in [-0.3, -0.25) is 4.79 Å². The second-order valence-corrected chi connectivity index (χ2v) is 14.0. The van der Waals surface area contributed by atoms with E-state index in [9.17, 15) is 4.79 Å². The summed E-state index contributed by atoms with van der Waals surface area (Å²) in [5, 5.41) is 1.93. The van der Waals surface area contributed by atoms with E-state index < -0.39 is 0 Å². The predicted molar refractivity (Wildman–Crippen MR) is 218 cm³/mol. The van der Waals surface area contributed by atoms with Gasteiger partial charge in [-0.25, -0.2) is 9.98 Å². The maximum absolute atomic E-state index is 13.1. The zero-order chi connectivity index (χ0) is 36.1. The lowest BCUT2D eigenvalue weighted by Gasteiger charge is -2.22. The molecule has 0 saturated heterocycles. The largest absolute Gasteiger partial charge is 0.354 e. The number of nitrogens with one attached hydrogen (secondary N) is 1. The van der Waals surface area contributed by atoms with E-state index in [0.717, 1.165) is 95.5 Å². The summed E-state index contributed by atoms with van der Waals surface area (Å²) < 4.78 is 0. The molecule has 0 radical (unpaired) electrons. The van der Waals surface area contributed by atoms with Crippen molar-refractivity contribution in [2.45, 2.75) is 20.8 Å². The summed E-state index contributed by atoms with van der Waals surface area (Å²) >= 11 is 0. The third kappa shape index (κ3) is 5.69. The first kappa shape index (κ1) is 32.3. The van der Waals surface area contributed by atoms with Crippen molar-refractivity contribution in [2.75, 3.05) is 0 Å². The molecule has 0 fully saturated rings. The molecule has 4 heteroatoms. The van der Waals surface area contributed by atoms with Crippen LogP contribution in [0.15, 0.2) is 190 Å². The number of allylic oxidation sites excluding steroid dienone is 10. The molecule has 1 aromatic heterocycles. The third-order valence-corrected chi connectivity index (χ3v) is 10.5. The fraction of sp³-hybridized carbons (Fsp3) is 0.0816. The Balaban J connectivity index is 1.43. The minimum absolute atomic E-state index is 0.127. The number of benzene rings is 4. The number of aldehydes is 1. The number of hydrogen-bond acceptors (Lipinski definition) is 3. The number of carbonyl (C=O) groups excluding carboxylic acids is 1. The molecule has 1 N–H and O–H groups in total. The number of aromatic amines is 1. The van der Waals surface area contributed by atoms with Gasteiger partial charge in [0.25, 0.3) is 0 Å². The van der Waals surface area contributed by atoms with E-state index in [2.05, 4.69) is 153 Å². The number of hydrogen-bond donors (Lipinski definition) is 1. The number of H-pyrrole nitrogens is 1. The average molecular weight is 684 g/mol. The van der Waals surface area contributed by atoms with Crippen LogP contribution in [-0.4, -0.2) is 22.7 Å². The Morgan fingerprint density at radius 1 is 0.528 bits per heavy atom. The van der Waals surface area contributed by atoms with Crippen molar-refractivity contribution < 1.29 is 4.79 Å². The first-order chi connectivity index (χ1) is 26.0. The standard InChI is InChI=1S/C49H37N3O/c1-30-14-18-35(19-15-30)47-40-23-22-39(50-40)46(33-10-6-4-7-11-33)38-28-37(29-53)45(32(38)3)49(34-12-8-5-9-13-34)44-27-26-43(52-44)48(42-25-24-41(47)51-42)36-20-16-31(2)17-21-36/h4-29,32,51H,1-3H3. The highest BCUT2D eigenvalue weighted by atomic mass is 16.1. The van der Waals surface area contributed by atoms with Gasteiger partial charge in [-0.2, -0.15) is 0 Å². The molecule has 0 amide bonds. The van der Waals surface area contributed by atoms with Crippen molar-refractivity contribution >= 4 is 40.0 Å². The van der Waals surface area contributed by atoms with Gasteiger partial charge in [0.15, 0.2) is 0 Å². The Morgan fingerprint density at radius 2 is 0.981 bits per heavy atom. The maximum atomic E-state index is 13.1. The van der Waals surface area contributed by atoms with Gasteiger partial charge < -0.3 is 4.98 Å². The summed E-state index contributed by atoms with van der Waals surface area (Å²) in [6, 6.07) is 42.3. The molecule has 5 aromatic rings. The number of aromatic nitrogens is 1. The Bertz CT molecular complexity index is 2710. The molecule has 1 atom stereocenters. The second kappa shape index (κ2) is 13.2. The highest BCUT2D eigenvalue weighted by Crippen LogP contribution is 2.48. The van der Waals surface area contributed by atoms with Gasteiger partial charge in [0, 0.05) is 44.5 Å². The fourth-order valence-electron chi connectivity index (χ4n) is 7.93. The molecule has 254 valence electrons. The lowest BCUT2D eigenvalue weighted by atomic mass is 9.82. The van der Waals surface area contributed by atoms with Crippen LogP contribution in [-0.2, 0) is 4.79 Å². The normalized spacial score (nSPS) is 17.9. The Kier molecular flexibility index (Phi) is 8.01. The van der Waals surface area contributed by atoms with E-state index in [1.807, 2.05) is 24.3 Å². The maximum Gasteiger partial charge on any atom is 0.150 e. The molecule has 0 spiro atoms. The number of fused-ring (bicyclic) bond motifs is 6. The van der Waals surface area contributed by atoms with Crippen LogP contribution >= 0.6 is 0 Å². The monoisotopic (exact) mass is 683 g/mol. The molecule has 4 heterocycles. The molecule has 4 aromatic carbocycles. The van der Waals surface area contributed by atoms with Crippen molar-refractivity contribution in [3.63, 3.8) is 0 Å². The number of aliphatic imine (C=N–C) groups is 2. The molecule has 53 heavy (non-hydrogen) atoms. The van der Waals surface area contributed by atoms with Crippen LogP contribution in [0.1, 0.15) is 40.3 Å². The zero-order valence-electron chi connectivity index (χ0n) is 29.9. The Hall–Kier alpha value is -6.65. The molecule has 4 nitrogen and oxygen atoms in total. The molecule has 1 aliphatic carbocycles. The first-order valence-electron chi connectivity index (χ1n) is 18.1. The van der Waals surface area contributed by atoms with Crippen LogP contribution in [0.3, 0.4) is 0 Å². The minimum Gasteiger partial charge on any atom is -0.354 e. The third-order valence-electron chi connectivity index (χ3n) is 10.5. The van der Waals surface area contributed by atoms with Crippen molar-refractivity contribution in [1.29, 1.82) is 0 Å². The van der Waals surface area contributed by atoms with E-state index >= 15 is 0 Å². The van der Waals surface area contributed by atoms with Crippen molar-refractivity contribution in [2.24, 2.45) is 15.9 Å². The predicted octanol–water partition coefficient (Wildman–Crippen LogP) is 8.96. The first-order valence-corrected chi connectivity index (χ1v) is 18.1. The van der Waals surface area contributed by atoms with Crippen LogP contribution in [0.25, 0.3) is 22.3 Å². The lowest BCUT2D eigenvalue weighted by Crippen LogP contribution is -2.21. The van der Waals surface area contributed by atoms with Gasteiger partial charge in [0.2, 0.25) is 0 Å². The molecule has 1 unspecified atom stereocenters. The van der Waals surface area contributed by atoms with Crippen LogP contribution in [0.2, 0.25) is 0 Å². The SMILES string of the molecule is Cc1ccc(C2=c3ccc([nH]3)=C(c3ccc(C)cc3)C3=NC(=C(c4ccccc4)C4=C(C=O)C=C(C(c5ccccc5)=C5C=CC2=N5)C4C)C=C3)cc1. The molecule has 3 aliphatic heterocycles. The molecular formula is C49H37N3O. The molecule has 0 saturated carbocycles. The summed E-state index contributed by atoms with van der Waals surface area (Å²) in [5.74, 6) is -0.127.